The number of thioether (sulfide) groups is 1. The Hall–Kier alpha value is -1.40. The fourth-order valence-electron chi connectivity index (χ4n) is 1.60. The van der Waals surface area contributed by atoms with Crippen molar-refractivity contribution >= 4 is 11.8 Å². The van der Waals surface area contributed by atoms with E-state index in [1.807, 2.05) is 19.9 Å². The van der Waals surface area contributed by atoms with Crippen LogP contribution in [0.1, 0.15) is 31.6 Å². The highest BCUT2D eigenvalue weighted by Crippen LogP contribution is 2.22. The fraction of sp³-hybridized carbons (Fsp3) is 0.385. The van der Waals surface area contributed by atoms with E-state index in [1.54, 1.807) is 6.07 Å². The molecule has 2 aromatic rings. The first-order chi connectivity index (χ1) is 9.19. The van der Waals surface area contributed by atoms with E-state index in [1.165, 1.54) is 23.9 Å². The summed E-state index contributed by atoms with van der Waals surface area (Å²) >= 11 is 1.48. The summed E-state index contributed by atoms with van der Waals surface area (Å²) in [4.78, 5) is 5.16. The van der Waals surface area contributed by atoms with Gasteiger partial charge < -0.3 is 9.84 Å². The van der Waals surface area contributed by atoms with Gasteiger partial charge in [-0.25, -0.2) is 4.39 Å². The quantitative estimate of drug-likeness (QED) is 0.824. The minimum absolute atomic E-state index is 0.0467. The average Bonchev–Trinajstić information content (AvgIpc) is 2.86. The summed E-state index contributed by atoms with van der Waals surface area (Å²) in [6.07, 6.45) is 0. The van der Waals surface area contributed by atoms with E-state index < -0.39 is 0 Å². The van der Waals surface area contributed by atoms with E-state index in [0.717, 1.165) is 11.4 Å². The maximum Gasteiger partial charge on any atom is 0.243 e. The smallest absolute Gasteiger partial charge is 0.243 e. The summed E-state index contributed by atoms with van der Waals surface area (Å²) in [5.74, 6) is 1.52. The molecule has 1 aromatic carbocycles. The van der Waals surface area contributed by atoms with Crippen molar-refractivity contribution in [3.8, 4) is 0 Å². The number of rotatable bonds is 6. The van der Waals surface area contributed by atoms with Crippen LogP contribution >= 0.6 is 11.8 Å². The largest absolute Gasteiger partial charge is 0.338 e. The van der Waals surface area contributed by atoms with Crippen molar-refractivity contribution in [1.82, 2.24) is 15.5 Å². The molecule has 0 bridgehead atoms. The van der Waals surface area contributed by atoms with Crippen molar-refractivity contribution in [3.05, 3.63) is 41.8 Å². The lowest BCUT2D eigenvalue weighted by atomic mass is 10.3. The predicted octanol–water partition coefficient (Wildman–Crippen LogP) is 3.17. The van der Waals surface area contributed by atoms with Gasteiger partial charge in [-0.05, 0) is 31.7 Å². The van der Waals surface area contributed by atoms with Crippen LogP contribution in [-0.4, -0.2) is 16.7 Å². The van der Waals surface area contributed by atoms with Gasteiger partial charge >= 0.3 is 0 Å². The van der Waals surface area contributed by atoms with E-state index in [4.69, 9.17) is 4.52 Å². The Balaban J connectivity index is 1.93. The Morgan fingerprint density at radius 1 is 1.47 bits per heavy atom. The fourth-order valence-corrected chi connectivity index (χ4v) is 2.38. The second-order valence-corrected chi connectivity index (χ2v) is 5.12. The molecule has 19 heavy (non-hydrogen) atoms. The average molecular weight is 281 g/mol. The van der Waals surface area contributed by atoms with Crippen molar-refractivity contribution in [2.45, 2.75) is 30.5 Å². The first-order valence-electron chi connectivity index (χ1n) is 6.13. The van der Waals surface area contributed by atoms with Crippen LogP contribution in [0.15, 0.2) is 33.7 Å². The van der Waals surface area contributed by atoms with Crippen LogP contribution in [0.2, 0.25) is 0 Å². The van der Waals surface area contributed by atoms with Crippen molar-refractivity contribution in [3.63, 3.8) is 0 Å². The number of halogens is 1. The van der Waals surface area contributed by atoms with Crippen LogP contribution in [0.3, 0.4) is 0 Å². The van der Waals surface area contributed by atoms with Crippen LogP contribution in [0.25, 0.3) is 0 Å². The zero-order valence-corrected chi connectivity index (χ0v) is 11.7. The molecule has 1 unspecified atom stereocenters. The molecule has 0 saturated carbocycles. The first kappa shape index (κ1) is 14.0. The normalized spacial score (nSPS) is 12.6. The van der Waals surface area contributed by atoms with Gasteiger partial charge in [0, 0.05) is 4.90 Å². The number of hydrogen-bond acceptors (Lipinski definition) is 5. The second kappa shape index (κ2) is 6.68. The molecule has 0 spiro atoms. The minimum atomic E-state index is -0.237. The maximum atomic E-state index is 13.0. The van der Waals surface area contributed by atoms with E-state index >= 15 is 0 Å². The third-order valence-electron chi connectivity index (χ3n) is 2.53. The van der Waals surface area contributed by atoms with E-state index in [9.17, 15) is 4.39 Å². The molecule has 0 aliphatic carbocycles. The summed E-state index contributed by atoms with van der Waals surface area (Å²) in [5, 5.41) is 7.12. The van der Waals surface area contributed by atoms with E-state index in [-0.39, 0.29) is 11.9 Å². The lowest BCUT2D eigenvalue weighted by Crippen LogP contribution is -2.17. The molecule has 1 aromatic heterocycles. The molecule has 0 aliphatic heterocycles. The summed E-state index contributed by atoms with van der Waals surface area (Å²) in [6, 6.07) is 6.51. The highest BCUT2D eigenvalue weighted by molar-refractivity contribution is 7.98. The van der Waals surface area contributed by atoms with Crippen molar-refractivity contribution < 1.29 is 8.91 Å². The number of hydrogen-bond donors (Lipinski definition) is 1. The number of nitrogens with one attached hydrogen (secondary N) is 1. The molecule has 0 saturated heterocycles. The predicted molar refractivity (Wildman–Crippen MR) is 72.4 cm³/mol. The third kappa shape index (κ3) is 4.04. The summed E-state index contributed by atoms with van der Waals surface area (Å²) in [6.45, 7) is 4.84. The topological polar surface area (TPSA) is 51.0 Å². The van der Waals surface area contributed by atoms with Crippen LogP contribution in [0, 0.1) is 5.82 Å². The van der Waals surface area contributed by atoms with Gasteiger partial charge in [0.15, 0.2) is 5.82 Å². The summed E-state index contributed by atoms with van der Waals surface area (Å²) in [5.41, 5.74) is 0. The molecular formula is C13H16FN3OS. The molecule has 0 fully saturated rings. The van der Waals surface area contributed by atoms with Crippen molar-refractivity contribution in [2.75, 3.05) is 6.54 Å². The lowest BCUT2D eigenvalue weighted by molar-refractivity contribution is 0.339. The lowest BCUT2D eigenvalue weighted by Gasteiger charge is -2.05. The zero-order valence-electron chi connectivity index (χ0n) is 10.9. The van der Waals surface area contributed by atoms with Gasteiger partial charge in [-0.15, -0.1) is 11.8 Å². The summed E-state index contributed by atoms with van der Waals surface area (Å²) < 4.78 is 18.2. The molecule has 2 rings (SSSR count). The SMILES string of the molecule is CCNC(C)c1nc(CSc2cccc(F)c2)no1. The van der Waals surface area contributed by atoms with Gasteiger partial charge in [-0.3, -0.25) is 0 Å². The second-order valence-electron chi connectivity index (χ2n) is 4.07. The van der Waals surface area contributed by atoms with Gasteiger partial charge in [0.25, 0.3) is 0 Å². The van der Waals surface area contributed by atoms with Crippen LogP contribution in [-0.2, 0) is 5.75 Å². The van der Waals surface area contributed by atoms with Crippen molar-refractivity contribution in [2.24, 2.45) is 0 Å². The van der Waals surface area contributed by atoms with Crippen molar-refractivity contribution in [1.29, 1.82) is 0 Å². The Bertz CT molecular complexity index is 532. The van der Waals surface area contributed by atoms with Gasteiger partial charge in [0.2, 0.25) is 5.89 Å². The third-order valence-corrected chi connectivity index (χ3v) is 3.52. The Labute approximate surface area is 115 Å². The zero-order chi connectivity index (χ0) is 13.7. The Kier molecular flexibility index (Phi) is 4.93. The highest BCUT2D eigenvalue weighted by Gasteiger charge is 2.13. The number of nitrogens with zero attached hydrogens (tertiary/aromatic N) is 2. The Morgan fingerprint density at radius 2 is 2.32 bits per heavy atom. The minimum Gasteiger partial charge on any atom is -0.338 e. The molecule has 0 amide bonds. The summed E-state index contributed by atoms with van der Waals surface area (Å²) in [7, 11) is 0. The number of aromatic nitrogens is 2. The van der Waals surface area contributed by atoms with Gasteiger partial charge in [-0.1, -0.05) is 18.1 Å². The molecule has 6 heteroatoms. The molecule has 1 N–H and O–H groups in total. The van der Waals surface area contributed by atoms with E-state index in [0.29, 0.717) is 17.5 Å². The highest BCUT2D eigenvalue weighted by atomic mass is 32.2. The monoisotopic (exact) mass is 281 g/mol. The maximum absolute atomic E-state index is 13.0. The van der Waals surface area contributed by atoms with Crippen LogP contribution in [0.4, 0.5) is 4.39 Å². The molecule has 1 atom stereocenters. The first-order valence-corrected chi connectivity index (χ1v) is 7.12. The molecule has 4 nitrogen and oxygen atoms in total. The number of benzene rings is 1. The Morgan fingerprint density at radius 3 is 3.05 bits per heavy atom. The molecule has 1 heterocycles. The van der Waals surface area contributed by atoms with Gasteiger partial charge in [0.05, 0.1) is 11.8 Å². The molecule has 0 aliphatic rings. The van der Waals surface area contributed by atoms with E-state index in [2.05, 4.69) is 15.5 Å². The van der Waals surface area contributed by atoms with Gasteiger partial charge in [0.1, 0.15) is 5.82 Å². The van der Waals surface area contributed by atoms with Crippen LogP contribution in [0.5, 0.6) is 0 Å². The van der Waals surface area contributed by atoms with Gasteiger partial charge in [-0.2, -0.15) is 4.98 Å². The molecule has 102 valence electrons. The standard InChI is InChI=1S/C13H16FN3OS/c1-3-15-9(2)13-16-12(17-18-13)8-19-11-6-4-5-10(14)7-11/h4-7,9,15H,3,8H2,1-2H3. The molecule has 0 radical (unpaired) electrons. The van der Waals surface area contributed by atoms with Crippen LogP contribution < -0.4 is 5.32 Å². The molecular weight excluding hydrogens is 265 g/mol.